The normalized spacial score (nSPS) is 16.4. The molecule has 22 heavy (non-hydrogen) atoms. The van der Waals surface area contributed by atoms with Crippen LogP contribution in [0.5, 0.6) is 5.75 Å². The number of nitro groups is 1. The van der Waals surface area contributed by atoms with E-state index in [1.165, 1.54) is 12.1 Å². The first kappa shape index (κ1) is 16.2. The van der Waals surface area contributed by atoms with Crippen LogP contribution in [0.2, 0.25) is 0 Å². The molecule has 8 heteroatoms. The number of carboxylic acids is 1. The van der Waals surface area contributed by atoms with Crippen molar-refractivity contribution in [3.8, 4) is 5.75 Å². The van der Waals surface area contributed by atoms with E-state index in [0.29, 0.717) is 25.2 Å². The minimum absolute atomic E-state index is 0.0763. The number of nitro benzene ring substituents is 1. The summed E-state index contributed by atoms with van der Waals surface area (Å²) in [6.07, 6.45) is -0.900. The Bertz CT molecular complexity index is 554. The Balaban J connectivity index is 2.26. The third kappa shape index (κ3) is 3.71. The van der Waals surface area contributed by atoms with Gasteiger partial charge in [-0.15, -0.1) is 0 Å². The summed E-state index contributed by atoms with van der Waals surface area (Å²) in [5.41, 5.74) is 0.192. The third-order valence-electron chi connectivity index (χ3n) is 3.17. The summed E-state index contributed by atoms with van der Waals surface area (Å²) in [6.45, 7) is 2.66. The number of hydrogen-bond acceptors (Lipinski definition) is 6. The summed E-state index contributed by atoms with van der Waals surface area (Å²) in [4.78, 5) is 21.7. The zero-order valence-corrected chi connectivity index (χ0v) is 12.1. The van der Waals surface area contributed by atoms with E-state index in [1.54, 1.807) is 6.07 Å². The number of ether oxygens (including phenoxy) is 3. The standard InChI is InChI=1S/C14H17NO7/c1-2-3-12(13(16)17)22-11-5-4-9(8-10(11)15(18)19)14-20-6-7-21-14/h4-5,8,12,14H,2-3,6-7H2,1H3,(H,16,17). The molecule has 0 spiro atoms. The van der Waals surface area contributed by atoms with E-state index in [0.717, 1.165) is 0 Å². The smallest absolute Gasteiger partial charge is 0.344 e. The van der Waals surface area contributed by atoms with Gasteiger partial charge in [-0.2, -0.15) is 0 Å². The summed E-state index contributed by atoms with van der Waals surface area (Å²) < 4.78 is 15.9. The van der Waals surface area contributed by atoms with E-state index in [9.17, 15) is 14.9 Å². The Morgan fingerprint density at radius 2 is 2.18 bits per heavy atom. The van der Waals surface area contributed by atoms with Crippen LogP contribution >= 0.6 is 0 Å². The summed E-state index contributed by atoms with van der Waals surface area (Å²) in [6, 6.07) is 4.24. The third-order valence-corrected chi connectivity index (χ3v) is 3.17. The summed E-state index contributed by atoms with van der Waals surface area (Å²) in [5, 5.41) is 20.3. The molecule has 0 aromatic heterocycles. The Morgan fingerprint density at radius 1 is 1.50 bits per heavy atom. The van der Waals surface area contributed by atoms with Crippen LogP contribution in [0.25, 0.3) is 0 Å². The van der Waals surface area contributed by atoms with Crippen molar-refractivity contribution in [3.63, 3.8) is 0 Å². The van der Waals surface area contributed by atoms with Crippen molar-refractivity contribution in [3.05, 3.63) is 33.9 Å². The summed E-state index contributed by atoms with van der Waals surface area (Å²) in [7, 11) is 0. The maximum absolute atomic E-state index is 11.2. The fourth-order valence-electron chi connectivity index (χ4n) is 2.12. The van der Waals surface area contributed by atoms with Crippen molar-refractivity contribution in [2.24, 2.45) is 0 Å². The molecule has 2 rings (SSSR count). The van der Waals surface area contributed by atoms with Gasteiger partial charge < -0.3 is 19.3 Å². The minimum atomic E-state index is -1.15. The lowest BCUT2D eigenvalue weighted by molar-refractivity contribution is -0.386. The molecule has 0 saturated carbocycles. The van der Waals surface area contributed by atoms with Crippen molar-refractivity contribution < 1.29 is 29.0 Å². The lowest BCUT2D eigenvalue weighted by Gasteiger charge is -2.15. The zero-order valence-electron chi connectivity index (χ0n) is 12.1. The quantitative estimate of drug-likeness (QED) is 0.607. The van der Waals surface area contributed by atoms with Gasteiger partial charge >= 0.3 is 11.7 Å². The van der Waals surface area contributed by atoms with Gasteiger partial charge in [-0.1, -0.05) is 13.3 Å². The molecule has 8 nitrogen and oxygen atoms in total. The molecule has 0 radical (unpaired) electrons. The highest BCUT2D eigenvalue weighted by Crippen LogP contribution is 2.33. The molecule has 0 amide bonds. The molecular formula is C14H17NO7. The predicted octanol–water partition coefficient (Wildman–Crippen LogP) is 2.27. The van der Waals surface area contributed by atoms with E-state index in [4.69, 9.17) is 19.3 Å². The molecule has 1 aliphatic rings. The van der Waals surface area contributed by atoms with Gasteiger partial charge in [0.05, 0.1) is 18.1 Å². The van der Waals surface area contributed by atoms with Gasteiger partial charge in [-0.25, -0.2) is 4.79 Å². The average Bonchev–Trinajstić information content (AvgIpc) is 3.01. The Morgan fingerprint density at radius 3 is 2.73 bits per heavy atom. The van der Waals surface area contributed by atoms with Gasteiger partial charge in [-0.05, 0) is 18.6 Å². The summed E-state index contributed by atoms with van der Waals surface area (Å²) >= 11 is 0. The highest BCUT2D eigenvalue weighted by Gasteiger charge is 2.26. The van der Waals surface area contributed by atoms with Crippen LogP contribution in [0.15, 0.2) is 18.2 Å². The van der Waals surface area contributed by atoms with Gasteiger partial charge in [0.15, 0.2) is 18.1 Å². The van der Waals surface area contributed by atoms with E-state index in [1.807, 2.05) is 6.92 Å². The van der Waals surface area contributed by atoms with Crippen LogP contribution in [0.3, 0.4) is 0 Å². The maximum atomic E-state index is 11.2. The van der Waals surface area contributed by atoms with Gasteiger partial charge in [0, 0.05) is 11.6 Å². The van der Waals surface area contributed by atoms with Crippen molar-refractivity contribution in [2.45, 2.75) is 32.2 Å². The molecule has 120 valence electrons. The fourth-order valence-corrected chi connectivity index (χ4v) is 2.12. The van der Waals surface area contributed by atoms with E-state index >= 15 is 0 Å². The maximum Gasteiger partial charge on any atom is 0.344 e. The first-order chi connectivity index (χ1) is 10.5. The van der Waals surface area contributed by atoms with Crippen LogP contribution < -0.4 is 4.74 Å². The van der Waals surface area contributed by atoms with E-state index in [-0.39, 0.29) is 17.9 Å². The largest absolute Gasteiger partial charge is 0.479 e. The van der Waals surface area contributed by atoms with E-state index < -0.39 is 23.3 Å². The van der Waals surface area contributed by atoms with Crippen molar-refractivity contribution >= 4 is 11.7 Å². The second-order valence-corrected chi connectivity index (χ2v) is 4.79. The Kier molecular flexibility index (Phi) is 5.29. The highest BCUT2D eigenvalue weighted by molar-refractivity contribution is 5.73. The SMILES string of the molecule is CCCC(Oc1ccc(C2OCCO2)cc1[N+](=O)[O-])C(=O)O. The molecule has 1 aromatic carbocycles. The Hall–Kier alpha value is -2.19. The number of benzene rings is 1. The fraction of sp³-hybridized carbons (Fsp3) is 0.500. The topological polar surface area (TPSA) is 108 Å². The van der Waals surface area contributed by atoms with E-state index in [2.05, 4.69) is 0 Å². The van der Waals surface area contributed by atoms with Gasteiger partial charge in [0.2, 0.25) is 0 Å². The molecule has 1 aromatic rings. The second-order valence-electron chi connectivity index (χ2n) is 4.79. The molecular weight excluding hydrogens is 294 g/mol. The number of hydrogen-bond donors (Lipinski definition) is 1. The second kappa shape index (κ2) is 7.19. The molecule has 1 aliphatic heterocycles. The number of nitrogens with zero attached hydrogens (tertiary/aromatic N) is 1. The summed E-state index contributed by atoms with van der Waals surface area (Å²) in [5.74, 6) is -1.23. The molecule has 1 fully saturated rings. The van der Waals surface area contributed by atoms with Crippen molar-refractivity contribution in [1.82, 2.24) is 0 Å². The molecule has 1 N–H and O–H groups in total. The molecule has 1 heterocycles. The highest BCUT2D eigenvalue weighted by atomic mass is 16.7. The lowest BCUT2D eigenvalue weighted by Crippen LogP contribution is -2.27. The van der Waals surface area contributed by atoms with Gasteiger partial charge in [0.25, 0.3) is 0 Å². The predicted molar refractivity (Wildman–Crippen MR) is 74.7 cm³/mol. The van der Waals surface area contributed by atoms with Crippen molar-refractivity contribution in [2.75, 3.05) is 13.2 Å². The molecule has 1 atom stereocenters. The monoisotopic (exact) mass is 311 g/mol. The average molecular weight is 311 g/mol. The van der Waals surface area contributed by atoms with Crippen LogP contribution in [-0.2, 0) is 14.3 Å². The lowest BCUT2D eigenvalue weighted by atomic mass is 10.1. The molecule has 0 aliphatic carbocycles. The van der Waals surface area contributed by atoms with Gasteiger partial charge in [-0.3, -0.25) is 10.1 Å². The van der Waals surface area contributed by atoms with Gasteiger partial charge in [0.1, 0.15) is 0 Å². The van der Waals surface area contributed by atoms with Crippen LogP contribution in [0.1, 0.15) is 31.6 Å². The van der Waals surface area contributed by atoms with Crippen LogP contribution in [-0.4, -0.2) is 35.3 Å². The molecule has 0 bridgehead atoms. The van der Waals surface area contributed by atoms with Crippen LogP contribution in [0.4, 0.5) is 5.69 Å². The first-order valence-corrected chi connectivity index (χ1v) is 6.94. The number of carboxylic acid groups (broad SMARTS) is 1. The molecule has 1 saturated heterocycles. The van der Waals surface area contributed by atoms with Crippen LogP contribution in [0, 0.1) is 10.1 Å². The minimum Gasteiger partial charge on any atom is -0.479 e. The Labute approximate surface area is 126 Å². The molecule has 1 unspecified atom stereocenters. The number of carbonyl (C=O) groups is 1. The van der Waals surface area contributed by atoms with Crippen molar-refractivity contribution in [1.29, 1.82) is 0 Å². The number of rotatable bonds is 7. The zero-order chi connectivity index (χ0) is 16.1. The number of aliphatic carboxylic acids is 1. The first-order valence-electron chi connectivity index (χ1n) is 6.94.